The number of rotatable bonds is 2. The van der Waals surface area contributed by atoms with Crippen LogP contribution >= 0.6 is 0 Å². The average Bonchev–Trinajstić information content (AvgIpc) is 2.31. The van der Waals surface area contributed by atoms with Gasteiger partial charge in [0.25, 0.3) is 0 Å². The van der Waals surface area contributed by atoms with Crippen LogP contribution in [0, 0.1) is 0 Å². The van der Waals surface area contributed by atoms with Crippen LogP contribution in [0.4, 0.5) is 0 Å². The molecule has 0 saturated heterocycles. The molecule has 1 heteroatoms. The summed E-state index contributed by atoms with van der Waals surface area (Å²) in [6, 6.07) is 0. The van der Waals surface area contributed by atoms with E-state index >= 15 is 0 Å². The van der Waals surface area contributed by atoms with Crippen LogP contribution in [-0.2, 0) is 7.05 Å². The summed E-state index contributed by atoms with van der Waals surface area (Å²) in [7, 11) is 2.10. The molecule has 1 rings (SSSR count). The van der Waals surface area contributed by atoms with Crippen molar-refractivity contribution in [1.82, 2.24) is 4.57 Å². The molecule has 0 spiro atoms. The molecule has 0 aliphatic carbocycles. The van der Waals surface area contributed by atoms with Crippen LogP contribution in [0.2, 0.25) is 0 Å². The van der Waals surface area contributed by atoms with Crippen molar-refractivity contribution in [1.29, 1.82) is 0 Å². The maximum Gasteiger partial charge on any atom is 0.0106 e. The van der Waals surface area contributed by atoms with Gasteiger partial charge in [-0.3, -0.25) is 0 Å². The van der Waals surface area contributed by atoms with Crippen molar-refractivity contribution >= 4 is 0 Å². The van der Waals surface area contributed by atoms with E-state index in [-0.39, 0.29) is 0 Å². The summed E-state index contributed by atoms with van der Waals surface area (Å²) in [6.45, 7) is 9.00. The Morgan fingerprint density at radius 3 is 1.50 bits per heavy atom. The number of nitrogens with zero attached hydrogens (tertiary/aromatic N) is 1. The fourth-order valence-corrected chi connectivity index (χ4v) is 1.59. The van der Waals surface area contributed by atoms with Gasteiger partial charge in [0.1, 0.15) is 0 Å². The first kappa shape index (κ1) is 9.37. The van der Waals surface area contributed by atoms with Gasteiger partial charge in [-0.15, -0.1) is 0 Å². The first-order valence-corrected chi connectivity index (χ1v) is 4.68. The highest BCUT2D eigenvalue weighted by Gasteiger charge is 2.11. The van der Waals surface area contributed by atoms with Gasteiger partial charge in [-0.2, -0.15) is 0 Å². The van der Waals surface area contributed by atoms with Crippen molar-refractivity contribution in [2.45, 2.75) is 39.5 Å². The highest BCUT2D eigenvalue weighted by molar-refractivity contribution is 5.29. The van der Waals surface area contributed by atoms with Crippen molar-refractivity contribution in [2.75, 3.05) is 0 Å². The molecule has 0 aliphatic heterocycles. The van der Waals surface area contributed by atoms with Crippen LogP contribution < -0.4 is 0 Å². The first-order valence-electron chi connectivity index (χ1n) is 4.68. The summed E-state index contributed by atoms with van der Waals surface area (Å²) in [5.41, 5.74) is 2.99. The molecule has 12 heavy (non-hydrogen) atoms. The molecule has 68 valence electrons. The third kappa shape index (κ3) is 1.71. The Morgan fingerprint density at radius 1 is 0.917 bits per heavy atom. The minimum absolute atomic E-state index is 0.642. The van der Waals surface area contributed by atoms with Gasteiger partial charge in [-0.05, 0) is 23.0 Å². The van der Waals surface area contributed by atoms with E-state index in [9.17, 15) is 0 Å². The second kappa shape index (κ2) is 3.34. The van der Waals surface area contributed by atoms with Gasteiger partial charge in [0.05, 0.1) is 0 Å². The van der Waals surface area contributed by atoms with E-state index in [0.717, 1.165) is 0 Å². The normalized spacial score (nSPS) is 11.6. The Hall–Kier alpha value is -0.720. The lowest BCUT2D eigenvalue weighted by Crippen LogP contribution is -1.93. The molecule has 1 aromatic heterocycles. The molecule has 0 aromatic carbocycles. The van der Waals surface area contributed by atoms with Gasteiger partial charge in [-0.1, -0.05) is 27.7 Å². The summed E-state index contributed by atoms with van der Waals surface area (Å²) in [5.74, 6) is 1.28. The van der Waals surface area contributed by atoms with Crippen molar-refractivity contribution in [2.24, 2.45) is 7.05 Å². The van der Waals surface area contributed by atoms with E-state index in [4.69, 9.17) is 0 Å². The molecule has 0 bridgehead atoms. The van der Waals surface area contributed by atoms with Crippen molar-refractivity contribution in [3.63, 3.8) is 0 Å². The fourth-order valence-electron chi connectivity index (χ4n) is 1.59. The van der Waals surface area contributed by atoms with Crippen LogP contribution in [-0.4, -0.2) is 4.57 Å². The SMILES string of the molecule is CC(C)c1cn(C)cc1C(C)C. The van der Waals surface area contributed by atoms with Gasteiger partial charge in [0.15, 0.2) is 0 Å². The largest absolute Gasteiger partial charge is 0.357 e. The quantitative estimate of drug-likeness (QED) is 0.634. The monoisotopic (exact) mass is 165 g/mol. The van der Waals surface area contributed by atoms with Crippen LogP contribution in [0.5, 0.6) is 0 Å². The molecule has 0 atom stereocenters. The molecule has 1 heterocycles. The van der Waals surface area contributed by atoms with E-state index in [1.807, 2.05) is 0 Å². The Morgan fingerprint density at radius 2 is 1.25 bits per heavy atom. The summed E-state index contributed by atoms with van der Waals surface area (Å²) < 4.78 is 2.16. The molecule has 0 fully saturated rings. The topological polar surface area (TPSA) is 4.93 Å². The molecule has 1 nitrogen and oxygen atoms in total. The standard InChI is InChI=1S/C11H19N/c1-8(2)10-6-12(5)7-11(10)9(3)4/h6-9H,1-5H3. The smallest absolute Gasteiger partial charge is 0.0106 e. The van der Waals surface area contributed by atoms with Crippen molar-refractivity contribution in [3.8, 4) is 0 Å². The molecule has 0 aliphatic rings. The molecule has 0 radical (unpaired) electrons. The third-order valence-corrected chi connectivity index (χ3v) is 2.26. The van der Waals surface area contributed by atoms with Crippen LogP contribution in [0.15, 0.2) is 12.4 Å². The summed E-state index contributed by atoms with van der Waals surface area (Å²) in [4.78, 5) is 0. The van der Waals surface area contributed by atoms with Gasteiger partial charge in [0.2, 0.25) is 0 Å². The molecule has 0 unspecified atom stereocenters. The number of aromatic nitrogens is 1. The predicted molar refractivity (Wildman–Crippen MR) is 53.6 cm³/mol. The summed E-state index contributed by atoms with van der Waals surface area (Å²) in [5, 5.41) is 0. The molecule has 0 N–H and O–H groups in total. The summed E-state index contributed by atoms with van der Waals surface area (Å²) in [6.07, 6.45) is 4.47. The first-order chi connectivity index (χ1) is 5.52. The zero-order chi connectivity index (χ0) is 9.30. The maximum absolute atomic E-state index is 2.25. The zero-order valence-corrected chi connectivity index (χ0v) is 8.76. The summed E-state index contributed by atoms with van der Waals surface area (Å²) >= 11 is 0. The van der Waals surface area contributed by atoms with Gasteiger partial charge >= 0.3 is 0 Å². The lowest BCUT2D eigenvalue weighted by molar-refractivity contribution is 0.798. The Bertz CT molecular complexity index is 230. The third-order valence-electron chi connectivity index (χ3n) is 2.26. The Balaban J connectivity index is 3.08. The fraction of sp³-hybridized carbons (Fsp3) is 0.636. The number of hydrogen-bond acceptors (Lipinski definition) is 0. The van der Waals surface area contributed by atoms with E-state index in [1.165, 1.54) is 11.1 Å². The van der Waals surface area contributed by atoms with E-state index in [0.29, 0.717) is 11.8 Å². The highest BCUT2D eigenvalue weighted by Crippen LogP contribution is 2.26. The molecule has 1 aromatic rings. The number of hydrogen-bond donors (Lipinski definition) is 0. The molecule has 0 saturated carbocycles. The molecular weight excluding hydrogens is 146 g/mol. The maximum atomic E-state index is 2.25. The van der Waals surface area contributed by atoms with E-state index < -0.39 is 0 Å². The number of aryl methyl sites for hydroxylation is 1. The van der Waals surface area contributed by atoms with Crippen molar-refractivity contribution < 1.29 is 0 Å². The highest BCUT2D eigenvalue weighted by atomic mass is 14.9. The van der Waals surface area contributed by atoms with Crippen molar-refractivity contribution in [3.05, 3.63) is 23.5 Å². The van der Waals surface area contributed by atoms with Crippen LogP contribution in [0.3, 0.4) is 0 Å². The van der Waals surface area contributed by atoms with Gasteiger partial charge < -0.3 is 4.57 Å². The Labute approximate surface area is 75.4 Å². The minimum Gasteiger partial charge on any atom is -0.357 e. The zero-order valence-electron chi connectivity index (χ0n) is 8.76. The predicted octanol–water partition coefficient (Wildman–Crippen LogP) is 3.27. The van der Waals surface area contributed by atoms with Crippen LogP contribution in [0.25, 0.3) is 0 Å². The van der Waals surface area contributed by atoms with Crippen LogP contribution in [0.1, 0.15) is 50.7 Å². The van der Waals surface area contributed by atoms with Gasteiger partial charge in [0, 0.05) is 19.4 Å². The molecule has 0 amide bonds. The lowest BCUT2D eigenvalue weighted by Gasteiger charge is -2.08. The van der Waals surface area contributed by atoms with E-state index in [2.05, 4.69) is 51.7 Å². The lowest BCUT2D eigenvalue weighted by atomic mass is 9.95. The minimum atomic E-state index is 0.642. The van der Waals surface area contributed by atoms with Gasteiger partial charge in [-0.25, -0.2) is 0 Å². The second-order valence-corrected chi connectivity index (χ2v) is 4.14. The second-order valence-electron chi connectivity index (χ2n) is 4.14. The van der Waals surface area contributed by atoms with E-state index in [1.54, 1.807) is 0 Å². The Kier molecular flexibility index (Phi) is 2.61. The average molecular weight is 165 g/mol. The molecular formula is C11H19N.